The van der Waals surface area contributed by atoms with E-state index in [9.17, 15) is 0 Å². The molecule has 6 nitrogen and oxygen atoms in total. The minimum Gasteiger partial charge on any atom is -0.497 e. The fourth-order valence-corrected chi connectivity index (χ4v) is 4.18. The van der Waals surface area contributed by atoms with Crippen molar-refractivity contribution in [3.63, 3.8) is 0 Å². The molecule has 1 heterocycles. The summed E-state index contributed by atoms with van der Waals surface area (Å²) in [6.07, 6.45) is 6.58. The van der Waals surface area contributed by atoms with E-state index in [2.05, 4.69) is 33.9 Å². The Bertz CT molecular complexity index is 785. The molecule has 0 aromatic heterocycles. The second-order valence-corrected chi connectivity index (χ2v) is 8.47. The monoisotopic (exact) mass is 441 g/mol. The highest BCUT2D eigenvalue weighted by Crippen LogP contribution is 2.26. The van der Waals surface area contributed by atoms with Gasteiger partial charge in [0.05, 0.1) is 19.1 Å². The molecule has 0 radical (unpaired) electrons. The second-order valence-electron chi connectivity index (χ2n) is 7.30. The van der Waals surface area contributed by atoms with E-state index in [0.29, 0.717) is 0 Å². The zero-order valence-electron chi connectivity index (χ0n) is 18.2. The molecule has 31 heavy (non-hydrogen) atoms. The number of ether oxygens (including phenoxy) is 3. The highest BCUT2D eigenvalue weighted by Gasteiger charge is 2.14. The van der Waals surface area contributed by atoms with Crippen LogP contribution < -0.4 is 14.8 Å². The van der Waals surface area contributed by atoms with Gasteiger partial charge in [-0.3, -0.25) is 0 Å². The summed E-state index contributed by atoms with van der Waals surface area (Å²) >= 11 is 1.56. The highest BCUT2D eigenvalue weighted by atomic mass is 32.2. The summed E-state index contributed by atoms with van der Waals surface area (Å²) in [6.45, 7) is 2.25. The number of methoxy groups -OCH3 is 2. The van der Waals surface area contributed by atoms with Crippen LogP contribution in [-0.4, -0.2) is 37.6 Å². The lowest BCUT2D eigenvalue weighted by atomic mass is 10.2. The van der Waals surface area contributed by atoms with Crippen molar-refractivity contribution < 1.29 is 14.2 Å². The van der Waals surface area contributed by atoms with E-state index < -0.39 is 0 Å². The average Bonchev–Trinajstić information content (AvgIpc) is 2.83. The number of nitrogens with zero attached hydrogens (tertiary/aromatic N) is 1. The molecule has 1 unspecified atom stereocenters. The van der Waals surface area contributed by atoms with Gasteiger partial charge in [-0.25, -0.2) is 4.31 Å². The Morgan fingerprint density at radius 1 is 1.03 bits per heavy atom. The number of benzene rings is 2. The first kappa shape index (κ1) is 23.2. The molecule has 0 aliphatic carbocycles. The predicted molar refractivity (Wildman–Crippen MR) is 126 cm³/mol. The van der Waals surface area contributed by atoms with E-state index in [1.165, 1.54) is 23.8 Å². The molecule has 0 amide bonds. The molecule has 1 atom stereocenters. The molecule has 3 rings (SSSR count). The van der Waals surface area contributed by atoms with Gasteiger partial charge < -0.3 is 24.9 Å². The summed E-state index contributed by atoms with van der Waals surface area (Å²) < 4.78 is 18.5. The van der Waals surface area contributed by atoms with Crippen molar-refractivity contribution in [2.75, 3.05) is 20.8 Å². The van der Waals surface area contributed by atoms with E-state index in [1.807, 2.05) is 30.5 Å². The molecule has 0 saturated carbocycles. The molecule has 0 spiro atoms. The maximum absolute atomic E-state index is 7.88. The molecule has 1 aliphatic heterocycles. The zero-order valence-corrected chi connectivity index (χ0v) is 19.0. The van der Waals surface area contributed by atoms with Gasteiger partial charge in [0, 0.05) is 32.1 Å². The Labute approximate surface area is 189 Å². The average molecular weight is 442 g/mol. The van der Waals surface area contributed by atoms with Gasteiger partial charge in [-0.1, -0.05) is 24.3 Å². The molecular formula is C24H31N3O3S. The number of nitrogens with one attached hydrogen (secondary N) is 2. The van der Waals surface area contributed by atoms with E-state index in [1.54, 1.807) is 26.2 Å². The summed E-state index contributed by atoms with van der Waals surface area (Å²) in [4.78, 5) is 0.830. The standard InChI is InChI=1S/C24H31N3O3S/c1-28-21-10-6-19(7-11-21)17-27(18-20-8-12-22(29-2)13-9-20)31-23(15-25)16-26-24-5-3-4-14-30-24/h6-13,15-16,24-26H,3-5,14,17-18H2,1-2H3/b23-16+,25-15?. The van der Waals surface area contributed by atoms with Gasteiger partial charge in [-0.05, 0) is 66.6 Å². The van der Waals surface area contributed by atoms with E-state index in [-0.39, 0.29) is 6.23 Å². The van der Waals surface area contributed by atoms with Gasteiger partial charge in [0.2, 0.25) is 0 Å². The third-order valence-corrected chi connectivity index (χ3v) is 5.97. The van der Waals surface area contributed by atoms with Crippen LogP contribution in [0.15, 0.2) is 59.6 Å². The summed E-state index contributed by atoms with van der Waals surface area (Å²) in [5.74, 6) is 1.68. The van der Waals surface area contributed by atoms with Crippen molar-refractivity contribution in [2.45, 2.75) is 38.6 Å². The number of rotatable bonds is 11. The predicted octanol–water partition coefficient (Wildman–Crippen LogP) is 4.96. The van der Waals surface area contributed by atoms with Crippen molar-refractivity contribution in [3.8, 4) is 11.5 Å². The van der Waals surface area contributed by atoms with Crippen molar-refractivity contribution in [1.82, 2.24) is 9.62 Å². The maximum atomic E-state index is 7.88. The summed E-state index contributed by atoms with van der Waals surface area (Å²) in [5.41, 5.74) is 2.35. The Hall–Kier alpha value is -2.48. The number of allylic oxidation sites excluding steroid dienone is 1. The lowest BCUT2D eigenvalue weighted by Gasteiger charge is -2.24. The lowest BCUT2D eigenvalue weighted by Crippen LogP contribution is -2.31. The van der Waals surface area contributed by atoms with Gasteiger partial charge >= 0.3 is 0 Å². The molecule has 0 bridgehead atoms. The van der Waals surface area contributed by atoms with Gasteiger partial charge in [-0.15, -0.1) is 0 Å². The van der Waals surface area contributed by atoms with E-state index in [4.69, 9.17) is 19.6 Å². The van der Waals surface area contributed by atoms with Crippen LogP contribution >= 0.6 is 11.9 Å². The van der Waals surface area contributed by atoms with Gasteiger partial charge in [0.1, 0.15) is 17.7 Å². The van der Waals surface area contributed by atoms with Crippen LogP contribution in [0.5, 0.6) is 11.5 Å². The molecule has 7 heteroatoms. The third kappa shape index (κ3) is 7.61. The molecule has 166 valence electrons. The molecule has 2 N–H and O–H groups in total. The SMILES string of the molecule is COc1ccc(CN(Cc2ccc(OC)cc2)S/C(C=N)=C/NC2CCCCO2)cc1. The smallest absolute Gasteiger partial charge is 0.127 e. The van der Waals surface area contributed by atoms with Gasteiger partial charge in [0.25, 0.3) is 0 Å². The highest BCUT2D eigenvalue weighted by molar-refractivity contribution is 8.01. The first-order valence-corrected chi connectivity index (χ1v) is 11.2. The molecule has 1 aliphatic rings. The molecule has 1 fully saturated rings. The first-order chi connectivity index (χ1) is 15.2. The van der Waals surface area contributed by atoms with Crippen LogP contribution in [0.3, 0.4) is 0 Å². The van der Waals surface area contributed by atoms with Crippen LogP contribution in [0.25, 0.3) is 0 Å². The quantitative estimate of drug-likeness (QED) is 0.379. The summed E-state index contributed by atoms with van der Waals surface area (Å²) in [6, 6.07) is 16.2. The Morgan fingerprint density at radius 2 is 1.61 bits per heavy atom. The Kier molecular flexibility index (Phi) is 9.27. The fraction of sp³-hybridized carbons (Fsp3) is 0.375. The normalized spacial score (nSPS) is 16.7. The van der Waals surface area contributed by atoms with E-state index >= 15 is 0 Å². The molecular weight excluding hydrogens is 410 g/mol. The summed E-state index contributed by atoms with van der Waals surface area (Å²) in [7, 11) is 3.34. The Balaban J connectivity index is 1.71. The topological polar surface area (TPSA) is 66.8 Å². The first-order valence-electron chi connectivity index (χ1n) is 10.5. The largest absolute Gasteiger partial charge is 0.497 e. The maximum Gasteiger partial charge on any atom is 0.127 e. The second kappa shape index (κ2) is 12.4. The van der Waals surface area contributed by atoms with Crippen molar-refractivity contribution >= 4 is 18.2 Å². The van der Waals surface area contributed by atoms with Crippen LogP contribution in [0.1, 0.15) is 30.4 Å². The zero-order chi connectivity index (χ0) is 21.9. The van der Waals surface area contributed by atoms with Crippen LogP contribution in [0.4, 0.5) is 0 Å². The summed E-state index contributed by atoms with van der Waals surface area (Å²) in [5, 5.41) is 11.2. The minimum absolute atomic E-state index is 0.0286. The lowest BCUT2D eigenvalue weighted by molar-refractivity contribution is 0.00336. The minimum atomic E-state index is 0.0286. The molecule has 2 aromatic rings. The number of hydrogen-bond acceptors (Lipinski definition) is 7. The van der Waals surface area contributed by atoms with Gasteiger partial charge in [0.15, 0.2) is 0 Å². The van der Waals surface area contributed by atoms with Crippen molar-refractivity contribution in [1.29, 1.82) is 5.41 Å². The van der Waals surface area contributed by atoms with Crippen LogP contribution in [-0.2, 0) is 17.8 Å². The fourth-order valence-electron chi connectivity index (χ4n) is 3.28. The number of hydrogen-bond donors (Lipinski definition) is 2. The molecule has 2 aromatic carbocycles. The van der Waals surface area contributed by atoms with Crippen LogP contribution in [0, 0.1) is 5.41 Å². The van der Waals surface area contributed by atoms with Crippen LogP contribution in [0.2, 0.25) is 0 Å². The molecule has 1 saturated heterocycles. The van der Waals surface area contributed by atoms with Crippen molar-refractivity contribution in [2.24, 2.45) is 0 Å². The van der Waals surface area contributed by atoms with Crippen molar-refractivity contribution in [3.05, 3.63) is 70.8 Å². The van der Waals surface area contributed by atoms with Gasteiger partial charge in [-0.2, -0.15) is 0 Å². The third-order valence-electron chi connectivity index (χ3n) is 5.00. The van der Waals surface area contributed by atoms with E-state index in [0.717, 1.165) is 48.9 Å². The Morgan fingerprint density at radius 3 is 2.06 bits per heavy atom.